The maximum absolute atomic E-state index is 12.3. The molecule has 0 aromatic heterocycles. The van der Waals surface area contributed by atoms with Crippen molar-refractivity contribution in [2.75, 3.05) is 12.4 Å². The molecule has 0 atom stereocenters. The number of anilines is 1. The van der Waals surface area contributed by atoms with Crippen molar-refractivity contribution in [3.05, 3.63) is 34.7 Å². The van der Waals surface area contributed by atoms with E-state index in [9.17, 15) is 14.4 Å². The number of hydrogen-bond donors (Lipinski definition) is 1. The van der Waals surface area contributed by atoms with E-state index >= 15 is 0 Å². The molecule has 0 aliphatic carbocycles. The van der Waals surface area contributed by atoms with E-state index < -0.39 is 0 Å². The zero-order chi connectivity index (χ0) is 16.4. The summed E-state index contributed by atoms with van der Waals surface area (Å²) in [5.74, 6) is -0.708. The lowest BCUT2D eigenvalue weighted by Gasteiger charge is -2.07. The van der Waals surface area contributed by atoms with E-state index in [0.29, 0.717) is 21.7 Å². The van der Waals surface area contributed by atoms with Gasteiger partial charge in [-0.25, -0.2) is 0 Å². The summed E-state index contributed by atoms with van der Waals surface area (Å²) >= 11 is 1.39. The van der Waals surface area contributed by atoms with E-state index in [2.05, 4.69) is 5.32 Å². The van der Waals surface area contributed by atoms with Crippen LogP contribution >= 0.6 is 11.8 Å². The fraction of sp³-hybridized carbons (Fsp3) is 0.312. The second kappa shape index (κ2) is 6.36. The average Bonchev–Trinajstić information content (AvgIpc) is 2.64. The largest absolute Gasteiger partial charge is 0.326 e. The maximum atomic E-state index is 12.3. The van der Waals surface area contributed by atoms with Crippen LogP contribution in [0.1, 0.15) is 26.3 Å². The van der Waals surface area contributed by atoms with Crippen LogP contribution in [0.25, 0.3) is 5.57 Å². The number of nitrogens with one attached hydrogen (secondary N) is 1. The number of imide groups is 1. The van der Waals surface area contributed by atoms with Gasteiger partial charge in [0.2, 0.25) is 5.91 Å². The molecular formula is C16H18N2O3S. The number of benzene rings is 1. The number of carbonyl (C=O) groups excluding carboxylic acids is 3. The molecule has 22 heavy (non-hydrogen) atoms. The highest BCUT2D eigenvalue weighted by atomic mass is 32.2. The Balaban J connectivity index is 2.42. The smallest absolute Gasteiger partial charge is 0.267 e. The lowest BCUT2D eigenvalue weighted by molar-refractivity contribution is -0.134. The molecule has 1 heterocycles. The Morgan fingerprint density at radius 1 is 1.14 bits per heavy atom. The molecule has 1 aliphatic heterocycles. The Morgan fingerprint density at radius 2 is 1.73 bits per heavy atom. The first-order valence-electron chi connectivity index (χ1n) is 6.92. The highest BCUT2D eigenvalue weighted by Gasteiger charge is 2.37. The van der Waals surface area contributed by atoms with Crippen molar-refractivity contribution in [3.63, 3.8) is 0 Å². The molecule has 0 saturated carbocycles. The summed E-state index contributed by atoms with van der Waals surface area (Å²) in [7, 11) is 1.49. The molecular weight excluding hydrogens is 300 g/mol. The first kappa shape index (κ1) is 16.3. The molecule has 3 amide bonds. The van der Waals surface area contributed by atoms with Crippen molar-refractivity contribution in [3.8, 4) is 0 Å². The molecule has 0 saturated heterocycles. The molecule has 1 N–H and O–H groups in total. The minimum absolute atomic E-state index is 0.158. The van der Waals surface area contributed by atoms with Crippen molar-refractivity contribution in [1.82, 2.24) is 4.90 Å². The second-order valence-corrected chi connectivity index (χ2v) is 6.89. The number of likely N-dealkylation sites (N-methyl/N-ethyl adjacent to an activating group) is 1. The first-order valence-corrected chi connectivity index (χ1v) is 7.80. The monoisotopic (exact) mass is 318 g/mol. The number of rotatable bonds is 4. The van der Waals surface area contributed by atoms with Crippen molar-refractivity contribution >= 4 is 40.7 Å². The fourth-order valence-electron chi connectivity index (χ4n) is 2.14. The molecule has 116 valence electrons. The molecule has 5 nitrogen and oxygen atoms in total. The van der Waals surface area contributed by atoms with Crippen LogP contribution in [0.3, 0.4) is 0 Å². The number of carbonyl (C=O) groups is 3. The van der Waals surface area contributed by atoms with Gasteiger partial charge >= 0.3 is 0 Å². The average molecular weight is 318 g/mol. The lowest BCUT2D eigenvalue weighted by atomic mass is 10.1. The molecule has 1 aromatic rings. The lowest BCUT2D eigenvalue weighted by Crippen LogP contribution is -2.26. The third-order valence-electron chi connectivity index (χ3n) is 3.09. The standard InChI is InChI=1S/C16H18N2O3S/c1-9(2)22-14-13(15(20)18(4)16(14)21)11-5-7-12(8-6-11)17-10(3)19/h5-9H,1-4H3,(H,17,19). The Hall–Kier alpha value is -2.08. The predicted octanol–water partition coefficient (Wildman–Crippen LogP) is 2.50. The van der Waals surface area contributed by atoms with E-state index in [0.717, 1.165) is 4.90 Å². The molecule has 1 aromatic carbocycles. The van der Waals surface area contributed by atoms with Crippen LogP contribution in [0.2, 0.25) is 0 Å². The molecule has 0 bridgehead atoms. The van der Waals surface area contributed by atoms with Gasteiger partial charge in [-0.2, -0.15) is 0 Å². The van der Waals surface area contributed by atoms with Gasteiger partial charge in [-0.15, -0.1) is 11.8 Å². The summed E-state index contributed by atoms with van der Waals surface area (Å²) in [6, 6.07) is 6.92. The number of thioether (sulfide) groups is 1. The third kappa shape index (κ3) is 3.22. The van der Waals surface area contributed by atoms with Gasteiger partial charge in [-0.1, -0.05) is 26.0 Å². The number of nitrogens with zero attached hydrogens (tertiary/aromatic N) is 1. The summed E-state index contributed by atoms with van der Waals surface area (Å²) in [6.07, 6.45) is 0. The number of amides is 3. The van der Waals surface area contributed by atoms with Crippen molar-refractivity contribution in [2.24, 2.45) is 0 Å². The van der Waals surface area contributed by atoms with Crippen LogP contribution in [0.4, 0.5) is 5.69 Å². The van der Waals surface area contributed by atoms with Crippen molar-refractivity contribution in [1.29, 1.82) is 0 Å². The topological polar surface area (TPSA) is 66.5 Å². The summed E-state index contributed by atoms with van der Waals surface area (Å²) in [5.41, 5.74) is 1.76. The first-order chi connectivity index (χ1) is 10.3. The minimum Gasteiger partial charge on any atom is -0.326 e. The molecule has 0 radical (unpaired) electrons. The van der Waals surface area contributed by atoms with Crippen LogP contribution in [0.15, 0.2) is 29.2 Å². The Kier molecular flexibility index (Phi) is 4.71. The third-order valence-corrected chi connectivity index (χ3v) is 4.18. The van der Waals surface area contributed by atoms with Crippen LogP contribution in [-0.4, -0.2) is 34.9 Å². The van der Waals surface area contributed by atoms with Gasteiger partial charge in [0.15, 0.2) is 0 Å². The summed E-state index contributed by atoms with van der Waals surface area (Å²) < 4.78 is 0. The van der Waals surface area contributed by atoms with Gasteiger partial charge < -0.3 is 5.32 Å². The molecule has 2 rings (SSSR count). The van der Waals surface area contributed by atoms with E-state index in [1.54, 1.807) is 24.3 Å². The van der Waals surface area contributed by atoms with E-state index in [1.807, 2.05) is 13.8 Å². The normalized spacial score (nSPS) is 15.0. The second-order valence-electron chi connectivity index (χ2n) is 5.30. The SMILES string of the molecule is CC(=O)Nc1ccc(C2=C(SC(C)C)C(=O)N(C)C2=O)cc1. The van der Waals surface area contributed by atoms with Gasteiger partial charge in [0.25, 0.3) is 11.8 Å². The van der Waals surface area contributed by atoms with Gasteiger partial charge in [0.1, 0.15) is 0 Å². The van der Waals surface area contributed by atoms with Gasteiger partial charge in [-0.05, 0) is 17.7 Å². The van der Waals surface area contributed by atoms with E-state index in [4.69, 9.17) is 0 Å². The van der Waals surface area contributed by atoms with Gasteiger partial charge in [0.05, 0.1) is 10.5 Å². The van der Waals surface area contributed by atoms with Crippen LogP contribution in [-0.2, 0) is 14.4 Å². The highest BCUT2D eigenvalue weighted by molar-refractivity contribution is 8.04. The van der Waals surface area contributed by atoms with Gasteiger partial charge in [-0.3, -0.25) is 19.3 Å². The highest BCUT2D eigenvalue weighted by Crippen LogP contribution is 2.37. The van der Waals surface area contributed by atoms with E-state index in [-0.39, 0.29) is 23.0 Å². The Labute approximate surface area is 133 Å². The maximum Gasteiger partial charge on any atom is 0.267 e. The molecule has 1 aliphatic rings. The zero-order valence-corrected chi connectivity index (χ0v) is 13.8. The Bertz CT molecular complexity index is 662. The summed E-state index contributed by atoms with van der Waals surface area (Å²) in [5, 5.41) is 2.87. The molecule has 0 unspecified atom stereocenters. The molecule has 6 heteroatoms. The van der Waals surface area contributed by atoms with E-state index in [1.165, 1.54) is 25.7 Å². The van der Waals surface area contributed by atoms with Crippen molar-refractivity contribution in [2.45, 2.75) is 26.0 Å². The molecule has 0 fully saturated rings. The quantitative estimate of drug-likeness (QED) is 0.866. The minimum atomic E-state index is -0.291. The fourth-order valence-corrected chi connectivity index (χ4v) is 3.17. The summed E-state index contributed by atoms with van der Waals surface area (Å²) in [4.78, 5) is 37.2. The number of hydrogen-bond acceptors (Lipinski definition) is 4. The van der Waals surface area contributed by atoms with Crippen LogP contribution < -0.4 is 5.32 Å². The Morgan fingerprint density at radius 3 is 2.23 bits per heavy atom. The van der Waals surface area contributed by atoms with Crippen molar-refractivity contribution < 1.29 is 14.4 Å². The zero-order valence-electron chi connectivity index (χ0n) is 13.0. The van der Waals surface area contributed by atoms with Crippen LogP contribution in [0, 0.1) is 0 Å². The summed E-state index contributed by atoms with van der Waals surface area (Å²) in [6.45, 7) is 5.39. The molecule has 0 spiro atoms. The van der Waals surface area contributed by atoms with Gasteiger partial charge in [0, 0.05) is 24.9 Å². The van der Waals surface area contributed by atoms with Crippen LogP contribution in [0.5, 0.6) is 0 Å². The predicted molar refractivity (Wildman–Crippen MR) is 88.2 cm³/mol.